The number of carbonyl (C=O) groups is 1. The summed E-state index contributed by atoms with van der Waals surface area (Å²) in [5.41, 5.74) is 5.33. The van der Waals surface area contributed by atoms with Crippen molar-refractivity contribution in [2.24, 2.45) is 0 Å². The molecule has 1 rings (SSSR count). The number of carboxylic acids is 1. The summed E-state index contributed by atoms with van der Waals surface area (Å²) >= 11 is 0. The third-order valence-electron chi connectivity index (χ3n) is 1.66. The average molecular weight is 197 g/mol. The molecule has 0 fully saturated rings. The van der Waals surface area contributed by atoms with Gasteiger partial charge >= 0.3 is 5.97 Å². The van der Waals surface area contributed by atoms with Gasteiger partial charge in [0.15, 0.2) is 11.5 Å². The van der Waals surface area contributed by atoms with Gasteiger partial charge in [0.05, 0.1) is 17.9 Å². The molecule has 0 aliphatic rings. The Morgan fingerprint density at radius 3 is 2.71 bits per heavy atom. The Labute approximate surface area is 80.7 Å². The minimum Gasteiger partial charge on any atom is -0.504 e. The average Bonchev–Trinajstić information content (AvgIpc) is 2.09. The summed E-state index contributed by atoms with van der Waals surface area (Å²) in [7, 11) is 0. The Hall–Kier alpha value is -1.91. The summed E-state index contributed by atoms with van der Waals surface area (Å²) in [6, 6.07) is 2.37. The highest BCUT2D eigenvalue weighted by Gasteiger charge is 2.13. The van der Waals surface area contributed by atoms with Crippen LogP contribution in [0.4, 0.5) is 5.69 Å². The molecule has 0 bridgehead atoms. The van der Waals surface area contributed by atoms with Gasteiger partial charge in [-0.1, -0.05) is 0 Å². The number of phenolic OH excluding ortho intramolecular Hbond substituents is 1. The first-order valence-corrected chi connectivity index (χ1v) is 4.04. The summed E-state index contributed by atoms with van der Waals surface area (Å²) < 4.78 is 5.01. The molecule has 14 heavy (non-hydrogen) atoms. The molecule has 0 radical (unpaired) electrons. The SMILES string of the molecule is CCOc1cc(C(=O)O)c(N)cc1O. The van der Waals surface area contributed by atoms with Gasteiger partial charge < -0.3 is 20.7 Å². The van der Waals surface area contributed by atoms with E-state index in [-0.39, 0.29) is 22.7 Å². The van der Waals surface area contributed by atoms with E-state index in [2.05, 4.69) is 0 Å². The van der Waals surface area contributed by atoms with Crippen LogP contribution >= 0.6 is 0 Å². The van der Waals surface area contributed by atoms with Crippen molar-refractivity contribution in [2.75, 3.05) is 12.3 Å². The highest BCUT2D eigenvalue weighted by molar-refractivity contribution is 5.94. The van der Waals surface area contributed by atoms with E-state index >= 15 is 0 Å². The number of aromatic hydroxyl groups is 1. The van der Waals surface area contributed by atoms with Crippen molar-refractivity contribution in [3.8, 4) is 11.5 Å². The highest BCUT2D eigenvalue weighted by Crippen LogP contribution is 2.31. The second-order valence-corrected chi connectivity index (χ2v) is 2.65. The normalized spacial score (nSPS) is 9.79. The molecule has 0 saturated carbocycles. The van der Waals surface area contributed by atoms with Crippen LogP contribution in [0.25, 0.3) is 0 Å². The largest absolute Gasteiger partial charge is 0.504 e. The Morgan fingerprint density at radius 1 is 1.57 bits per heavy atom. The standard InChI is InChI=1S/C9H11NO4/c1-2-14-8-3-5(9(12)13)6(10)4-7(8)11/h3-4,11H,2,10H2,1H3,(H,12,13). The molecule has 76 valence electrons. The van der Waals surface area contributed by atoms with Gasteiger partial charge in [-0.2, -0.15) is 0 Å². The molecule has 1 aromatic carbocycles. The smallest absolute Gasteiger partial charge is 0.337 e. The number of anilines is 1. The van der Waals surface area contributed by atoms with Gasteiger partial charge in [-0.15, -0.1) is 0 Å². The van der Waals surface area contributed by atoms with Crippen LogP contribution in [0.5, 0.6) is 11.5 Å². The first kappa shape index (κ1) is 10.2. The number of nitrogens with two attached hydrogens (primary N) is 1. The lowest BCUT2D eigenvalue weighted by Gasteiger charge is -2.08. The predicted octanol–water partition coefficient (Wildman–Crippen LogP) is 1.07. The second-order valence-electron chi connectivity index (χ2n) is 2.65. The maximum absolute atomic E-state index is 10.7. The Bertz CT molecular complexity index is 362. The number of rotatable bonds is 3. The third kappa shape index (κ3) is 1.87. The van der Waals surface area contributed by atoms with E-state index in [0.717, 1.165) is 6.07 Å². The molecule has 0 aliphatic heterocycles. The van der Waals surface area contributed by atoms with Crippen LogP contribution in [-0.4, -0.2) is 22.8 Å². The highest BCUT2D eigenvalue weighted by atomic mass is 16.5. The zero-order valence-electron chi connectivity index (χ0n) is 7.65. The lowest BCUT2D eigenvalue weighted by molar-refractivity contribution is 0.0697. The fraction of sp³-hybridized carbons (Fsp3) is 0.222. The van der Waals surface area contributed by atoms with E-state index in [4.69, 9.17) is 15.6 Å². The Morgan fingerprint density at radius 2 is 2.21 bits per heavy atom. The minimum absolute atomic E-state index is 0.0125. The van der Waals surface area contributed by atoms with Crippen molar-refractivity contribution in [2.45, 2.75) is 6.92 Å². The monoisotopic (exact) mass is 197 g/mol. The van der Waals surface area contributed by atoms with Gasteiger partial charge in [-0.25, -0.2) is 4.79 Å². The number of phenols is 1. The number of carboxylic acid groups (broad SMARTS) is 1. The van der Waals surface area contributed by atoms with Gasteiger partial charge in [-0.3, -0.25) is 0 Å². The van der Waals surface area contributed by atoms with Crippen LogP contribution in [0, 0.1) is 0 Å². The fourth-order valence-electron chi connectivity index (χ4n) is 1.04. The quantitative estimate of drug-likeness (QED) is 0.630. The zero-order chi connectivity index (χ0) is 10.7. The van der Waals surface area contributed by atoms with E-state index in [1.807, 2.05) is 0 Å². The number of hydrogen-bond acceptors (Lipinski definition) is 4. The van der Waals surface area contributed by atoms with Crippen LogP contribution < -0.4 is 10.5 Å². The summed E-state index contributed by atoms with van der Waals surface area (Å²) in [6.45, 7) is 2.08. The Kier molecular flexibility index (Phi) is 2.81. The number of benzene rings is 1. The Balaban J connectivity index is 3.20. The van der Waals surface area contributed by atoms with Crippen molar-refractivity contribution >= 4 is 11.7 Å². The minimum atomic E-state index is -1.15. The summed E-state index contributed by atoms with van der Waals surface area (Å²) in [4.78, 5) is 10.7. The summed E-state index contributed by atoms with van der Waals surface area (Å²) in [5.74, 6) is -1.18. The van der Waals surface area contributed by atoms with Crippen LogP contribution in [0.2, 0.25) is 0 Å². The van der Waals surface area contributed by atoms with Crippen LogP contribution in [0.3, 0.4) is 0 Å². The maximum atomic E-state index is 10.7. The first-order valence-electron chi connectivity index (χ1n) is 4.04. The molecule has 0 aromatic heterocycles. The van der Waals surface area contributed by atoms with Crippen molar-refractivity contribution in [1.29, 1.82) is 0 Å². The summed E-state index contributed by atoms with van der Waals surface area (Å²) in [5, 5.41) is 18.1. The molecular weight excluding hydrogens is 186 g/mol. The molecule has 0 saturated heterocycles. The lowest BCUT2D eigenvalue weighted by Crippen LogP contribution is -2.03. The van der Waals surface area contributed by atoms with Crippen molar-refractivity contribution in [3.05, 3.63) is 17.7 Å². The number of ether oxygens (including phenoxy) is 1. The first-order chi connectivity index (χ1) is 6.56. The molecule has 5 nitrogen and oxygen atoms in total. The molecule has 0 unspecified atom stereocenters. The number of nitrogen functional groups attached to an aromatic ring is 1. The fourth-order valence-corrected chi connectivity index (χ4v) is 1.04. The van der Waals surface area contributed by atoms with Crippen molar-refractivity contribution < 1.29 is 19.7 Å². The summed E-state index contributed by atoms with van der Waals surface area (Å²) in [6.07, 6.45) is 0. The molecule has 4 N–H and O–H groups in total. The van der Waals surface area contributed by atoms with Gasteiger partial charge in [0.1, 0.15) is 0 Å². The molecule has 0 amide bonds. The molecule has 5 heteroatoms. The zero-order valence-corrected chi connectivity index (χ0v) is 7.65. The molecule has 0 aliphatic carbocycles. The predicted molar refractivity (Wildman–Crippen MR) is 50.6 cm³/mol. The molecule has 0 atom stereocenters. The van der Waals surface area contributed by atoms with E-state index in [1.165, 1.54) is 6.07 Å². The third-order valence-corrected chi connectivity index (χ3v) is 1.66. The molecule has 1 aromatic rings. The topological polar surface area (TPSA) is 92.8 Å². The molecule has 0 spiro atoms. The van der Waals surface area contributed by atoms with E-state index in [0.29, 0.717) is 6.61 Å². The van der Waals surface area contributed by atoms with Gasteiger partial charge in [0.2, 0.25) is 0 Å². The van der Waals surface area contributed by atoms with Gasteiger partial charge in [-0.05, 0) is 6.92 Å². The number of aromatic carboxylic acids is 1. The maximum Gasteiger partial charge on any atom is 0.337 e. The van der Waals surface area contributed by atoms with Crippen LogP contribution in [-0.2, 0) is 0 Å². The lowest BCUT2D eigenvalue weighted by atomic mass is 10.1. The van der Waals surface area contributed by atoms with E-state index in [9.17, 15) is 9.90 Å². The van der Waals surface area contributed by atoms with E-state index < -0.39 is 5.97 Å². The van der Waals surface area contributed by atoms with E-state index in [1.54, 1.807) is 6.92 Å². The van der Waals surface area contributed by atoms with Gasteiger partial charge in [0.25, 0.3) is 0 Å². The van der Waals surface area contributed by atoms with Crippen molar-refractivity contribution in [1.82, 2.24) is 0 Å². The van der Waals surface area contributed by atoms with Crippen LogP contribution in [0.15, 0.2) is 12.1 Å². The number of hydrogen-bond donors (Lipinski definition) is 3. The second kappa shape index (κ2) is 3.87. The van der Waals surface area contributed by atoms with Crippen LogP contribution in [0.1, 0.15) is 17.3 Å². The van der Waals surface area contributed by atoms with Gasteiger partial charge in [0, 0.05) is 12.1 Å². The van der Waals surface area contributed by atoms with Crippen molar-refractivity contribution in [3.63, 3.8) is 0 Å². The molecular formula is C9H11NO4. The molecule has 0 heterocycles.